The minimum absolute atomic E-state index is 0.620. The molecule has 0 aromatic heterocycles. The van der Waals surface area contributed by atoms with Crippen molar-refractivity contribution in [1.29, 1.82) is 5.26 Å². The van der Waals surface area contributed by atoms with Gasteiger partial charge in [0.25, 0.3) is 0 Å². The summed E-state index contributed by atoms with van der Waals surface area (Å²) in [4.78, 5) is 0. The van der Waals surface area contributed by atoms with Gasteiger partial charge >= 0.3 is 0 Å². The number of rotatable bonds is 6. The van der Waals surface area contributed by atoms with Gasteiger partial charge in [-0.25, -0.2) is 0 Å². The van der Waals surface area contributed by atoms with Crippen LogP contribution in [0.5, 0.6) is 0 Å². The highest BCUT2D eigenvalue weighted by Crippen LogP contribution is 2.32. The molecule has 142 valence electrons. The Balaban J connectivity index is 1.53. The fourth-order valence-electron chi connectivity index (χ4n) is 3.74. The molecule has 0 aliphatic heterocycles. The van der Waals surface area contributed by atoms with E-state index < -0.39 is 0 Å². The van der Waals surface area contributed by atoms with E-state index in [9.17, 15) is 0 Å². The number of hydrogen-bond donors (Lipinski definition) is 0. The van der Waals surface area contributed by atoms with Crippen molar-refractivity contribution in [1.82, 2.24) is 0 Å². The van der Waals surface area contributed by atoms with Crippen LogP contribution in [0.4, 0.5) is 0 Å². The predicted octanol–water partition coefficient (Wildman–Crippen LogP) is 6.93. The van der Waals surface area contributed by atoms with Gasteiger partial charge in [-0.1, -0.05) is 68.4 Å². The molecule has 1 heteroatoms. The van der Waals surface area contributed by atoms with Crippen LogP contribution < -0.4 is 0 Å². The molecule has 0 heterocycles. The Labute approximate surface area is 170 Å². The molecule has 0 radical (unpaired) electrons. The van der Waals surface area contributed by atoms with E-state index in [4.69, 9.17) is 5.26 Å². The van der Waals surface area contributed by atoms with Gasteiger partial charge in [0.2, 0.25) is 0 Å². The molecule has 0 amide bonds. The number of allylic oxidation sites excluding steroid dienone is 2. The van der Waals surface area contributed by atoms with Crippen molar-refractivity contribution >= 4 is 0 Å². The van der Waals surface area contributed by atoms with Crippen LogP contribution in [0.2, 0.25) is 0 Å². The van der Waals surface area contributed by atoms with Crippen LogP contribution in [0, 0.1) is 23.2 Å². The maximum atomic E-state index is 8.86. The maximum Gasteiger partial charge on any atom is 0.0991 e. The summed E-state index contributed by atoms with van der Waals surface area (Å²) in [7, 11) is 0. The molecule has 28 heavy (non-hydrogen) atoms. The van der Waals surface area contributed by atoms with Gasteiger partial charge in [0, 0.05) is 5.56 Å². The summed E-state index contributed by atoms with van der Waals surface area (Å²) in [6, 6.07) is 18.9. The van der Waals surface area contributed by atoms with E-state index in [2.05, 4.69) is 55.2 Å². The van der Waals surface area contributed by atoms with E-state index in [0.29, 0.717) is 11.5 Å². The molecule has 0 spiro atoms. The zero-order valence-electron chi connectivity index (χ0n) is 16.9. The van der Waals surface area contributed by atoms with Crippen LogP contribution in [-0.2, 0) is 6.42 Å². The Bertz CT molecular complexity index is 883. The summed E-state index contributed by atoms with van der Waals surface area (Å²) >= 11 is 0. The molecule has 1 nitrogen and oxygen atoms in total. The first kappa shape index (κ1) is 20.0. The van der Waals surface area contributed by atoms with Gasteiger partial charge in [-0.15, -0.1) is 0 Å². The third kappa shape index (κ3) is 5.87. The smallest absolute Gasteiger partial charge is 0.0991 e. The molecule has 1 atom stereocenters. The molecule has 3 rings (SSSR count). The third-order valence-corrected chi connectivity index (χ3v) is 5.56. The molecule has 1 aliphatic carbocycles. The average Bonchev–Trinajstić information content (AvgIpc) is 2.76. The highest BCUT2D eigenvalue weighted by atomic mass is 14.2. The number of unbranched alkanes of at least 4 members (excludes halogenated alkanes) is 3. The lowest BCUT2D eigenvalue weighted by atomic mass is 9.84. The highest BCUT2D eigenvalue weighted by Gasteiger charge is 2.15. The predicted molar refractivity (Wildman–Crippen MR) is 117 cm³/mol. The van der Waals surface area contributed by atoms with Crippen molar-refractivity contribution in [2.24, 2.45) is 0 Å². The number of hydrogen-bond acceptors (Lipinski definition) is 1. The number of aryl methyl sites for hydroxylation is 1. The first-order valence-corrected chi connectivity index (χ1v) is 10.6. The van der Waals surface area contributed by atoms with Crippen molar-refractivity contribution in [3.8, 4) is 17.9 Å². The summed E-state index contributed by atoms with van der Waals surface area (Å²) in [6.45, 7) is 2.26. The van der Waals surface area contributed by atoms with Gasteiger partial charge < -0.3 is 0 Å². The minimum atomic E-state index is 0.620. The molecule has 2 aromatic rings. The van der Waals surface area contributed by atoms with Gasteiger partial charge in [0.15, 0.2) is 0 Å². The average molecular weight is 368 g/mol. The summed E-state index contributed by atoms with van der Waals surface area (Å²) in [5.74, 6) is 7.17. The van der Waals surface area contributed by atoms with E-state index >= 15 is 0 Å². The monoisotopic (exact) mass is 367 g/mol. The van der Waals surface area contributed by atoms with Gasteiger partial charge in [0.1, 0.15) is 0 Å². The minimum Gasteiger partial charge on any atom is -0.192 e. The van der Waals surface area contributed by atoms with Crippen LogP contribution in [0.15, 0.2) is 60.2 Å². The van der Waals surface area contributed by atoms with E-state index in [-0.39, 0.29) is 0 Å². The lowest BCUT2D eigenvalue weighted by Crippen LogP contribution is -2.04. The van der Waals surface area contributed by atoms with Crippen LogP contribution >= 0.6 is 0 Å². The summed E-state index contributed by atoms with van der Waals surface area (Å²) in [5.41, 5.74) is 5.83. The fourth-order valence-corrected chi connectivity index (χ4v) is 3.74. The quantitative estimate of drug-likeness (QED) is 0.401. The third-order valence-electron chi connectivity index (χ3n) is 5.56. The Morgan fingerprint density at radius 2 is 1.64 bits per heavy atom. The summed E-state index contributed by atoms with van der Waals surface area (Å²) in [6.07, 6.45) is 12.1. The van der Waals surface area contributed by atoms with E-state index in [1.807, 2.05) is 24.3 Å². The molecular weight excluding hydrogens is 338 g/mol. The zero-order valence-corrected chi connectivity index (χ0v) is 16.9. The second-order valence-electron chi connectivity index (χ2n) is 7.69. The Kier molecular flexibility index (Phi) is 7.52. The molecule has 0 N–H and O–H groups in total. The Morgan fingerprint density at radius 1 is 0.893 bits per heavy atom. The van der Waals surface area contributed by atoms with Gasteiger partial charge in [-0.05, 0) is 79.0 Å². The van der Waals surface area contributed by atoms with Crippen LogP contribution in [0.1, 0.15) is 80.0 Å². The molecular formula is C27H29N. The second-order valence-corrected chi connectivity index (χ2v) is 7.69. The van der Waals surface area contributed by atoms with E-state index in [1.54, 1.807) is 0 Å². The zero-order chi connectivity index (χ0) is 19.6. The van der Waals surface area contributed by atoms with E-state index in [1.165, 1.54) is 55.2 Å². The molecule has 0 bridgehead atoms. The first-order chi connectivity index (χ1) is 13.8. The Hall–Kier alpha value is -2.77. The van der Waals surface area contributed by atoms with Crippen molar-refractivity contribution in [3.63, 3.8) is 0 Å². The van der Waals surface area contributed by atoms with Crippen LogP contribution in [0.25, 0.3) is 0 Å². The standard InChI is InChI=1S/C27H29N/c1-2-3-4-5-6-22-13-17-26(18-14-22)27-19-15-24(16-20-27)8-7-23-9-11-25(21-28)12-10-23/h9-15,17-18,27H,2-6,16,19-20H2,1H3. The molecule has 0 saturated carbocycles. The normalized spacial score (nSPS) is 15.9. The molecule has 2 aromatic carbocycles. The fraction of sp³-hybridized carbons (Fsp3) is 0.370. The maximum absolute atomic E-state index is 8.86. The van der Waals surface area contributed by atoms with Gasteiger partial charge in [-0.3, -0.25) is 0 Å². The molecule has 1 unspecified atom stereocenters. The lowest BCUT2D eigenvalue weighted by Gasteiger charge is -2.20. The van der Waals surface area contributed by atoms with Crippen molar-refractivity contribution < 1.29 is 0 Å². The summed E-state index contributed by atoms with van der Waals surface area (Å²) in [5, 5.41) is 8.86. The molecule has 0 fully saturated rings. The van der Waals surface area contributed by atoms with E-state index in [0.717, 1.165) is 18.4 Å². The van der Waals surface area contributed by atoms with Gasteiger partial charge in [0.05, 0.1) is 11.6 Å². The van der Waals surface area contributed by atoms with Crippen LogP contribution in [0.3, 0.4) is 0 Å². The number of nitriles is 1. The van der Waals surface area contributed by atoms with Crippen LogP contribution in [-0.4, -0.2) is 0 Å². The van der Waals surface area contributed by atoms with Crippen molar-refractivity contribution in [3.05, 3.63) is 82.4 Å². The molecule has 1 aliphatic rings. The number of benzene rings is 2. The highest BCUT2D eigenvalue weighted by molar-refractivity contribution is 5.44. The lowest BCUT2D eigenvalue weighted by molar-refractivity contribution is 0.607. The largest absolute Gasteiger partial charge is 0.192 e. The Morgan fingerprint density at radius 3 is 2.29 bits per heavy atom. The van der Waals surface area contributed by atoms with Gasteiger partial charge in [-0.2, -0.15) is 5.26 Å². The second kappa shape index (κ2) is 10.5. The summed E-state index contributed by atoms with van der Waals surface area (Å²) < 4.78 is 0. The van der Waals surface area contributed by atoms with Crippen molar-refractivity contribution in [2.75, 3.05) is 0 Å². The SMILES string of the molecule is CCCCCCc1ccc(C2CC=C(C#Cc3ccc(C#N)cc3)CC2)cc1. The topological polar surface area (TPSA) is 23.8 Å². The van der Waals surface area contributed by atoms with Crippen molar-refractivity contribution in [2.45, 2.75) is 64.2 Å². The first-order valence-electron chi connectivity index (χ1n) is 10.6. The molecule has 0 saturated heterocycles. The number of nitrogens with zero attached hydrogens (tertiary/aromatic N) is 1.